The summed E-state index contributed by atoms with van der Waals surface area (Å²) < 4.78 is 0. The molecule has 1 aliphatic heterocycles. The molecule has 0 saturated carbocycles. The van der Waals surface area contributed by atoms with Crippen LogP contribution in [0.1, 0.15) is 37.1 Å². The Morgan fingerprint density at radius 2 is 1.52 bits per heavy atom. The van der Waals surface area contributed by atoms with E-state index in [1.165, 1.54) is 51.0 Å². The van der Waals surface area contributed by atoms with Crippen LogP contribution in [0.2, 0.25) is 0 Å². The van der Waals surface area contributed by atoms with Gasteiger partial charge in [-0.05, 0) is 51.4 Å². The molecule has 0 atom stereocenters. The van der Waals surface area contributed by atoms with Gasteiger partial charge in [0.15, 0.2) is 5.16 Å². The molecule has 2 heterocycles. The van der Waals surface area contributed by atoms with Crippen LogP contribution in [0.5, 0.6) is 0 Å². The van der Waals surface area contributed by atoms with Crippen LogP contribution < -0.4 is 4.90 Å². The van der Waals surface area contributed by atoms with Gasteiger partial charge in [-0.3, -0.25) is 4.90 Å². The molecule has 1 saturated heterocycles. The molecular weight excluding hydrogens is 352 g/mol. The Bertz CT molecular complexity index is 664. The minimum absolute atomic E-state index is 0.934. The van der Waals surface area contributed by atoms with E-state index in [1.54, 1.807) is 11.8 Å². The standard InChI is InChI=1S/C22H32N4S/c1-19-18-20(2)24-22(23-19)27-17-9-4-3-8-12-25-13-15-26(16-14-25)21-10-6-5-7-11-21/h5-7,10-11,18H,3-4,8-9,12-17H2,1-2H3. The van der Waals surface area contributed by atoms with Gasteiger partial charge in [0.2, 0.25) is 0 Å². The van der Waals surface area contributed by atoms with Crippen LogP contribution in [0.15, 0.2) is 41.6 Å². The van der Waals surface area contributed by atoms with Gasteiger partial charge in [-0.25, -0.2) is 9.97 Å². The summed E-state index contributed by atoms with van der Waals surface area (Å²) in [6, 6.07) is 12.8. The highest BCUT2D eigenvalue weighted by molar-refractivity contribution is 7.99. The van der Waals surface area contributed by atoms with Gasteiger partial charge in [0.1, 0.15) is 0 Å². The fourth-order valence-electron chi connectivity index (χ4n) is 3.58. The van der Waals surface area contributed by atoms with Crippen LogP contribution in [0, 0.1) is 13.8 Å². The third-order valence-electron chi connectivity index (χ3n) is 5.06. The van der Waals surface area contributed by atoms with E-state index in [-0.39, 0.29) is 0 Å². The van der Waals surface area contributed by atoms with Gasteiger partial charge in [-0.15, -0.1) is 0 Å². The van der Waals surface area contributed by atoms with E-state index in [0.717, 1.165) is 35.4 Å². The number of piperazine rings is 1. The first kappa shape index (κ1) is 20.2. The summed E-state index contributed by atoms with van der Waals surface area (Å²) in [5, 5.41) is 0.934. The molecule has 0 spiro atoms. The van der Waals surface area contributed by atoms with Crippen molar-refractivity contribution in [2.75, 3.05) is 43.4 Å². The van der Waals surface area contributed by atoms with Crippen LogP contribution >= 0.6 is 11.8 Å². The van der Waals surface area contributed by atoms with E-state index in [0.29, 0.717) is 0 Å². The number of nitrogens with zero attached hydrogens (tertiary/aromatic N) is 4. The third-order valence-corrected chi connectivity index (χ3v) is 5.99. The number of rotatable bonds is 9. The minimum Gasteiger partial charge on any atom is -0.369 e. The maximum Gasteiger partial charge on any atom is 0.187 e. The molecule has 1 fully saturated rings. The summed E-state index contributed by atoms with van der Waals surface area (Å²) in [7, 11) is 0. The summed E-state index contributed by atoms with van der Waals surface area (Å²) in [4.78, 5) is 14.1. The number of para-hydroxylation sites is 1. The molecule has 146 valence electrons. The maximum absolute atomic E-state index is 4.50. The second kappa shape index (κ2) is 10.7. The largest absolute Gasteiger partial charge is 0.369 e. The summed E-state index contributed by atoms with van der Waals surface area (Å²) in [5.41, 5.74) is 3.50. The molecule has 27 heavy (non-hydrogen) atoms. The van der Waals surface area contributed by atoms with Crippen molar-refractivity contribution in [1.29, 1.82) is 0 Å². The van der Waals surface area contributed by atoms with Crippen molar-refractivity contribution in [2.24, 2.45) is 0 Å². The van der Waals surface area contributed by atoms with Gasteiger partial charge in [0.05, 0.1) is 0 Å². The number of unbranched alkanes of at least 4 members (excludes halogenated alkanes) is 3. The fraction of sp³-hybridized carbons (Fsp3) is 0.545. The second-order valence-corrected chi connectivity index (χ2v) is 8.42. The zero-order valence-electron chi connectivity index (χ0n) is 16.7. The predicted molar refractivity (Wildman–Crippen MR) is 116 cm³/mol. The Balaban J connectivity index is 1.23. The number of aromatic nitrogens is 2. The molecule has 4 nitrogen and oxygen atoms in total. The maximum atomic E-state index is 4.50. The average molecular weight is 385 g/mol. The Morgan fingerprint density at radius 1 is 0.852 bits per heavy atom. The van der Waals surface area contributed by atoms with Crippen molar-refractivity contribution in [3.8, 4) is 0 Å². The Morgan fingerprint density at radius 3 is 2.22 bits per heavy atom. The smallest absolute Gasteiger partial charge is 0.187 e. The molecule has 0 unspecified atom stereocenters. The molecule has 0 radical (unpaired) electrons. The number of anilines is 1. The number of hydrogen-bond donors (Lipinski definition) is 0. The number of benzene rings is 1. The topological polar surface area (TPSA) is 32.3 Å². The molecule has 1 aromatic heterocycles. The highest BCUT2D eigenvalue weighted by Crippen LogP contribution is 2.18. The first-order valence-corrected chi connectivity index (χ1v) is 11.2. The molecule has 5 heteroatoms. The highest BCUT2D eigenvalue weighted by Gasteiger charge is 2.16. The van der Waals surface area contributed by atoms with Gasteiger partial charge in [0.25, 0.3) is 0 Å². The van der Waals surface area contributed by atoms with E-state index in [4.69, 9.17) is 0 Å². The van der Waals surface area contributed by atoms with Crippen molar-refractivity contribution < 1.29 is 0 Å². The summed E-state index contributed by atoms with van der Waals surface area (Å²) in [5.74, 6) is 1.12. The van der Waals surface area contributed by atoms with E-state index >= 15 is 0 Å². The number of aryl methyl sites for hydroxylation is 2. The summed E-state index contributed by atoms with van der Waals surface area (Å²) in [6.45, 7) is 10.0. The second-order valence-electron chi connectivity index (χ2n) is 7.36. The third kappa shape index (κ3) is 6.82. The Labute approximate surface area is 168 Å². The number of thioether (sulfide) groups is 1. The van der Waals surface area contributed by atoms with Gasteiger partial charge < -0.3 is 4.90 Å². The zero-order chi connectivity index (χ0) is 18.9. The quantitative estimate of drug-likeness (QED) is 0.359. The first-order chi connectivity index (χ1) is 13.2. The molecule has 0 amide bonds. The first-order valence-electron chi connectivity index (χ1n) is 10.2. The van der Waals surface area contributed by atoms with Gasteiger partial charge in [-0.1, -0.05) is 42.8 Å². The van der Waals surface area contributed by atoms with Gasteiger partial charge in [0, 0.05) is 49.0 Å². The molecule has 2 aromatic rings. The Hall–Kier alpha value is -1.59. The molecule has 0 bridgehead atoms. The Kier molecular flexibility index (Phi) is 7.96. The van der Waals surface area contributed by atoms with Crippen LogP contribution in [0.3, 0.4) is 0 Å². The van der Waals surface area contributed by atoms with Crippen molar-refractivity contribution in [1.82, 2.24) is 14.9 Å². The zero-order valence-corrected chi connectivity index (χ0v) is 17.5. The van der Waals surface area contributed by atoms with Crippen molar-refractivity contribution in [3.63, 3.8) is 0 Å². The lowest BCUT2D eigenvalue weighted by atomic mass is 10.2. The van der Waals surface area contributed by atoms with E-state index in [9.17, 15) is 0 Å². The van der Waals surface area contributed by atoms with Crippen LogP contribution in [0.4, 0.5) is 5.69 Å². The minimum atomic E-state index is 0.934. The van der Waals surface area contributed by atoms with E-state index in [1.807, 2.05) is 19.9 Å². The van der Waals surface area contributed by atoms with Gasteiger partial charge in [-0.2, -0.15) is 0 Å². The highest BCUT2D eigenvalue weighted by atomic mass is 32.2. The lowest BCUT2D eigenvalue weighted by Crippen LogP contribution is -2.46. The fourth-order valence-corrected chi connectivity index (χ4v) is 4.53. The summed E-state index contributed by atoms with van der Waals surface area (Å²) in [6.07, 6.45) is 5.20. The van der Waals surface area contributed by atoms with Crippen LogP contribution in [-0.2, 0) is 0 Å². The lowest BCUT2D eigenvalue weighted by Gasteiger charge is -2.36. The summed E-state index contributed by atoms with van der Waals surface area (Å²) >= 11 is 1.79. The monoisotopic (exact) mass is 384 g/mol. The van der Waals surface area contributed by atoms with Crippen molar-refractivity contribution in [2.45, 2.75) is 44.7 Å². The average Bonchev–Trinajstić information content (AvgIpc) is 2.68. The van der Waals surface area contributed by atoms with Crippen molar-refractivity contribution >= 4 is 17.4 Å². The SMILES string of the molecule is Cc1cc(C)nc(SCCCCCCN2CCN(c3ccccc3)CC2)n1. The van der Waals surface area contributed by atoms with Crippen molar-refractivity contribution in [3.05, 3.63) is 47.8 Å². The number of hydrogen-bond acceptors (Lipinski definition) is 5. The van der Waals surface area contributed by atoms with Crippen LogP contribution in [0.25, 0.3) is 0 Å². The van der Waals surface area contributed by atoms with Gasteiger partial charge >= 0.3 is 0 Å². The van der Waals surface area contributed by atoms with E-state index < -0.39 is 0 Å². The predicted octanol–water partition coefficient (Wildman–Crippen LogP) is 4.57. The molecule has 1 aliphatic rings. The molecular formula is C22H32N4S. The normalized spacial score (nSPS) is 15.3. The molecule has 1 aromatic carbocycles. The van der Waals surface area contributed by atoms with E-state index in [2.05, 4.69) is 50.1 Å². The molecule has 0 aliphatic carbocycles. The molecule has 0 N–H and O–H groups in total. The lowest BCUT2D eigenvalue weighted by molar-refractivity contribution is 0.252. The van der Waals surface area contributed by atoms with Crippen LogP contribution in [-0.4, -0.2) is 53.3 Å². The molecule has 3 rings (SSSR count).